The van der Waals surface area contributed by atoms with Crippen molar-refractivity contribution in [3.63, 3.8) is 0 Å². The third-order valence-electron chi connectivity index (χ3n) is 2.23. The minimum absolute atomic E-state index is 0.0895. The van der Waals surface area contributed by atoms with Gasteiger partial charge in [0.2, 0.25) is 0 Å². The SMILES string of the molecule is [B]c1ccc(O)c(C(=O)/C=C/c2ccco2)c1. The van der Waals surface area contributed by atoms with E-state index in [-0.39, 0.29) is 17.1 Å². The lowest BCUT2D eigenvalue weighted by Crippen LogP contribution is -2.05. The molecule has 0 spiro atoms. The Balaban J connectivity index is 2.23. The molecule has 17 heavy (non-hydrogen) atoms. The Morgan fingerprint density at radius 2 is 2.18 bits per heavy atom. The molecule has 1 aromatic carbocycles. The van der Waals surface area contributed by atoms with Gasteiger partial charge in [0.15, 0.2) is 5.78 Å². The van der Waals surface area contributed by atoms with Gasteiger partial charge in [0.1, 0.15) is 19.4 Å². The highest BCUT2D eigenvalue weighted by molar-refractivity contribution is 6.33. The molecule has 0 aliphatic heterocycles. The van der Waals surface area contributed by atoms with Gasteiger partial charge in [0, 0.05) is 0 Å². The number of allylic oxidation sites excluding steroid dienone is 1. The van der Waals surface area contributed by atoms with Crippen LogP contribution in [0.3, 0.4) is 0 Å². The first kappa shape index (κ1) is 11.3. The molecule has 2 radical (unpaired) electrons. The number of rotatable bonds is 3. The average molecular weight is 224 g/mol. The number of benzene rings is 1. The number of hydrogen-bond donors (Lipinski definition) is 1. The summed E-state index contributed by atoms with van der Waals surface area (Å²) in [6, 6.07) is 7.81. The van der Waals surface area contributed by atoms with Gasteiger partial charge in [0.05, 0.1) is 11.8 Å². The van der Waals surface area contributed by atoms with E-state index in [1.54, 1.807) is 12.1 Å². The largest absolute Gasteiger partial charge is 0.507 e. The molecule has 0 saturated carbocycles. The second-order valence-electron chi connectivity index (χ2n) is 3.49. The van der Waals surface area contributed by atoms with Crippen molar-refractivity contribution in [3.05, 3.63) is 54.0 Å². The van der Waals surface area contributed by atoms with E-state index in [9.17, 15) is 9.90 Å². The van der Waals surface area contributed by atoms with Crippen molar-refractivity contribution in [2.45, 2.75) is 0 Å². The van der Waals surface area contributed by atoms with E-state index < -0.39 is 0 Å². The number of hydrogen-bond acceptors (Lipinski definition) is 3. The predicted molar refractivity (Wildman–Crippen MR) is 65.6 cm³/mol. The topological polar surface area (TPSA) is 50.4 Å². The Morgan fingerprint density at radius 3 is 2.88 bits per heavy atom. The predicted octanol–water partition coefficient (Wildman–Crippen LogP) is 1.68. The molecule has 1 aromatic heterocycles. The summed E-state index contributed by atoms with van der Waals surface area (Å²) in [4.78, 5) is 11.8. The maximum Gasteiger partial charge on any atom is 0.189 e. The number of phenolic OH excluding ortho intramolecular Hbond substituents is 1. The number of furan rings is 1. The van der Waals surface area contributed by atoms with Crippen molar-refractivity contribution < 1.29 is 14.3 Å². The highest BCUT2D eigenvalue weighted by Gasteiger charge is 2.07. The van der Waals surface area contributed by atoms with Gasteiger partial charge in [-0.15, -0.1) is 0 Å². The molecular formula is C13H9BO3. The number of carbonyl (C=O) groups excluding carboxylic acids is 1. The first-order valence-corrected chi connectivity index (χ1v) is 5.01. The highest BCUT2D eigenvalue weighted by Crippen LogP contribution is 2.16. The van der Waals surface area contributed by atoms with E-state index in [0.717, 1.165) is 0 Å². The molecular weight excluding hydrogens is 215 g/mol. The van der Waals surface area contributed by atoms with Gasteiger partial charge in [-0.2, -0.15) is 0 Å². The average Bonchev–Trinajstić information content (AvgIpc) is 2.82. The molecule has 1 N–H and O–H groups in total. The monoisotopic (exact) mass is 224 g/mol. The zero-order valence-electron chi connectivity index (χ0n) is 8.96. The van der Waals surface area contributed by atoms with Gasteiger partial charge in [0.25, 0.3) is 0 Å². The Bertz CT molecular complexity index is 556. The molecule has 2 aromatic rings. The minimum Gasteiger partial charge on any atom is -0.507 e. The van der Waals surface area contributed by atoms with Gasteiger partial charge >= 0.3 is 0 Å². The molecule has 0 aliphatic carbocycles. The standard InChI is InChI=1S/C13H9BO3/c14-9-3-5-12(15)11(8-9)13(16)6-4-10-2-1-7-17-10/h1-8,15H/b6-4+. The summed E-state index contributed by atoms with van der Waals surface area (Å²) in [5.41, 5.74) is 0.602. The smallest absolute Gasteiger partial charge is 0.189 e. The molecule has 0 bridgehead atoms. The van der Waals surface area contributed by atoms with Crippen molar-refractivity contribution in [1.29, 1.82) is 0 Å². The number of carbonyl (C=O) groups is 1. The van der Waals surface area contributed by atoms with Crippen molar-refractivity contribution in [1.82, 2.24) is 0 Å². The van der Waals surface area contributed by atoms with Crippen molar-refractivity contribution in [2.24, 2.45) is 0 Å². The maximum absolute atomic E-state index is 11.8. The van der Waals surface area contributed by atoms with Crippen molar-refractivity contribution in [3.8, 4) is 5.75 Å². The molecule has 4 heteroatoms. The molecule has 0 amide bonds. The van der Waals surface area contributed by atoms with Crippen LogP contribution in [0, 0.1) is 0 Å². The van der Waals surface area contributed by atoms with Crippen LogP contribution in [0.4, 0.5) is 0 Å². The summed E-state index contributed by atoms with van der Waals surface area (Å²) in [6.07, 6.45) is 4.38. The molecule has 3 nitrogen and oxygen atoms in total. The molecule has 0 unspecified atom stereocenters. The van der Waals surface area contributed by atoms with Crippen LogP contribution in [0.15, 0.2) is 47.1 Å². The Morgan fingerprint density at radius 1 is 1.35 bits per heavy atom. The van der Waals surface area contributed by atoms with Crippen LogP contribution in [0.1, 0.15) is 16.1 Å². The quantitative estimate of drug-likeness (QED) is 0.490. The Labute approximate surface area is 99.8 Å². The summed E-state index contributed by atoms with van der Waals surface area (Å²) in [7, 11) is 5.55. The second kappa shape index (κ2) is 4.74. The van der Waals surface area contributed by atoms with Crippen molar-refractivity contribution in [2.75, 3.05) is 0 Å². The third kappa shape index (κ3) is 2.66. The molecule has 82 valence electrons. The first-order valence-electron chi connectivity index (χ1n) is 5.01. The minimum atomic E-state index is -0.328. The van der Waals surface area contributed by atoms with Crippen LogP contribution < -0.4 is 5.46 Å². The molecule has 0 atom stereocenters. The van der Waals surface area contributed by atoms with Crippen molar-refractivity contribution >= 4 is 25.2 Å². The molecule has 0 aliphatic rings. The van der Waals surface area contributed by atoms with E-state index in [4.69, 9.17) is 12.3 Å². The zero-order valence-corrected chi connectivity index (χ0v) is 8.96. The molecule has 1 heterocycles. The summed E-state index contributed by atoms with van der Waals surface area (Å²) in [6.45, 7) is 0. The summed E-state index contributed by atoms with van der Waals surface area (Å²) in [5, 5.41) is 9.53. The van der Waals surface area contributed by atoms with E-state index in [0.29, 0.717) is 11.2 Å². The summed E-state index contributed by atoms with van der Waals surface area (Å²) in [5.74, 6) is 0.154. The van der Waals surface area contributed by atoms with Gasteiger partial charge < -0.3 is 9.52 Å². The van der Waals surface area contributed by atoms with Crippen LogP contribution >= 0.6 is 0 Å². The molecule has 0 saturated heterocycles. The van der Waals surface area contributed by atoms with Crippen LogP contribution in [0.5, 0.6) is 5.75 Å². The highest BCUT2D eigenvalue weighted by atomic mass is 16.3. The fourth-order valence-electron chi connectivity index (χ4n) is 1.38. The fraction of sp³-hybridized carbons (Fsp3) is 0. The Hall–Kier alpha value is -2.23. The lowest BCUT2D eigenvalue weighted by molar-refractivity contribution is 0.104. The normalized spacial score (nSPS) is 10.8. The zero-order chi connectivity index (χ0) is 12.3. The maximum atomic E-state index is 11.8. The number of ketones is 1. The van der Waals surface area contributed by atoms with E-state index >= 15 is 0 Å². The summed E-state index contributed by atoms with van der Waals surface area (Å²) >= 11 is 0. The van der Waals surface area contributed by atoms with Crippen LogP contribution in [-0.4, -0.2) is 18.7 Å². The van der Waals surface area contributed by atoms with Gasteiger partial charge in [-0.3, -0.25) is 4.79 Å². The first-order chi connectivity index (χ1) is 8.16. The number of phenols is 1. The van der Waals surface area contributed by atoms with Gasteiger partial charge in [-0.05, 0) is 30.4 Å². The van der Waals surface area contributed by atoms with Crippen LogP contribution in [-0.2, 0) is 0 Å². The lowest BCUT2D eigenvalue weighted by atomic mass is 9.93. The molecule has 0 fully saturated rings. The second-order valence-corrected chi connectivity index (χ2v) is 3.49. The number of aromatic hydroxyl groups is 1. The van der Waals surface area contributed by atoms with Gasteiger partial charge in [-0.1, -0.05) is 17.6 Å². The fourth-order valence-corrected chi connectivity index (χ4v) is 1.38. The third-order valence-corrected chi connectivity index (χ3v) is 2.23. The van der Waals surface area contributed by atoms with Gasteiger partial charge in [-0.25, -0.2) is 0 Å². The molecule has 2 rings (SSSR count). The summed E-state index contributed by atoms with van der Waals surface area (Å²) < 4.78 is 5.05. The Kier molecular flexibility index (Phi) is 3.14. The van der Waals surface area contributed by atoms with E-state index in [2.05, 4.69) is 0 Å². The van der Waals surface area contributed by atoms with E-state index in [1.165, 1.54) is 36.6 Å². The van der Waals surface area contributed by atoms with Crippen LogP contribution in [0.25, 0.3) is 6.08 Å². The van der Waals surface area contributed by atoms with E-state index in [1.807, 2.05) is 0 Å². The van der Waals surface area contributed by atoms with Crippen LogP contribution in [0.2, 0.25) is 0 Å². The lowest BCUT2D eigenvalue weighted by Gasteiger charge is -2.01.